The van der Waals surface area contributed by atoms with Gasteiger partial charge in [0.1, 0.15) is 23.7 Å². The van der Waals surface area contributed by atoms with Crippen molar-refractivity contribution in [1.29, 1.82) is 0 Å². The maximum absolute atomic E-state index is 13.9. The molecule has 8 rings (SSSR count). The van der Waals surface area contributed by atoms with Crippen LogP contribution in [0.1, 0.15) is 83.8 Å². The van der Waals surface area contributed by atoms with Gasteiger partial charge in [0.25, 0.3) is 11.8 Å². The molecule has 0 radical (unpaired) electrons. The molecule has 2 aromatic heterocycles. The van der Waals surface area contributed by atoms with E-state index < -0.39 is 24.3 Å². The molecule has 4 atom stereocenters. The second kappa shape index (κ2) is 17.6. The number of carbonyl (C=O) groups is 4. The summed E-state index contributed by atoms with van der Waals surface area (Å²) in [6, 6.07) is 29.6. The van der Waals surface area contributed by atoms with Crippen LogP contribution in [-0.4, -0.2) is 81.0 Å². The molecule has 2 aliphatic heterocycles. The minimum Gasteiger partial charge on any atom is -0.453 e. The number of hydrogen-bond donors (Lipinski definition) is 4. The number of alkyl carbamates (subject to hydrolysis) is 2. The van der Waals surface area contributed by atoms with Crippen LogP contribution in [0.3, 0.4) is 0 Å². The third kappa shape index (κ3) is 8.42. The summed E-state index contributed by atoms with van der Waals surface area (Å²) in [7, 11) is 2.55. The SMILES string of the molecule is COC(=O)N[C@@H](C(=O)N1CCC[C@H]1c1ncc(-c2ccc(C#Cc3ccc4nc([C@@H]5CCCN5C(=O)[C@H](NC(=O)OC)c5ccccc5)[nH]c4c3)cc2)[nH]1)c1ccccc1. The Bertz CT molecular complexity index is 2560. The summed E-state index contributed by atoms with van der Waals surface area (Å²) in [5.41, 5.74) is 6.29. The first-order valence-corrected chi connectivity index (χ1v) is 19.9. The van der Waals surface area contributed by atoms with Gasteiger partial charge in [-0.2, -0.15) is 0 Å². The highest BCUT2D eigenvalue weighted by Gasteiger charge is 2.38. The van der Waals surface area contributed by atoms with Gasteiger partial charge in [-0.1, -0.05) is 84.6 Å². The fraction of sp³-hybridized carbons (Fsp3) is 0.261. The maximum Gasteiger partial charge on any atom is 0.407 e. The van der Waals surface area contributed by atoms with Crippen molar-refractivity contribution >= 4 is 35.0 Å². The number of imidazole rings is 2. The first-order chi connectivity index (χ1) is 29.3. The molecule has 4 N–H and O–H groups in total. The molecule has 4 amide bonds. The lowest BCUT2D eigenvalue weighted by Crippen LogP contribution is -2.42. The van der Waals surface area contributed by atoms with Gasteiger partial charge < -0.3 is 39.9 Å². The topological polar surface area (TPSA) is 175 Å². The number of aromatic nitrogens is 4. The molecule has 60 heavy (non-hydrogen) atoms. The van der Waals surface area contributed by atoms with Gasteiger partial charge in [-0.05, 0) is 72.7 Å². The van der Waals surface area contributed by atoms with Gasteiger partial charge in [-0.15, -0.1) is 0 Å². The van der Waals surface area contributed by atoms with Crippen LogP contribution in [0.4, 0.5) is 9.59 Å². The fourth-order valence-electron chi connectivity index (χ4n) is 7.98. The zero-order valence-electron chi connectivity index (χ0n) is 33.2. The molecule has 0 bridgehead atoms. The predicted octanol–water partition coefficient (Wildman–Crippen LogP) is 6.87. The number of benzene rings is 4. The summed E-state index contributed by atoms with van der Waals surface area (Å²) < 4.78 is 9.65. The van der Waals surface area contributed by atoms with Crippen LogP contribution in [0.25, 0.3) is 22.3 Å². The van der Waals surface area contributed by atoms with Crippen molar-refractivity contribution in [2.75, 3.05) is 27.3 Å². The van der Waals surface area contributed by atoms with Crippen molar-refractivity contribution in [3.05, 3.63) is 143 Å². The average Bonchev–Trinajstić information content (AvgIpc) is 4.13. The van der Waals surface area contributed by atoms with E-state index in [0.717, 1.165) is 59.1 Å². The minimum atomic E-state index is -0.894. The number of carbonyl (C=O) groups excluding carboxylic acids is 4. The molecule has 4 heterocycles. The highest BCUT2D eigenvalue weighted by atomic mass is 16.5. The van der Waals surface area contributed by atoms with Crippen LogP contribution in [-0.2, 0) is 19.1 Å². The quantitative estimate of drug-likeness (QED) is 0.115. The molecule has 6 aromatic rings. The zero-order chi connectivity index (χ0) is 41.6. The standard InChI is InChI=1S/C46H44N8O6/c1-59-45(57)51-39(32-11-5-3-6-12-32)43(55)53-25-9-15-37(53)41-47-28-36(50-41)31-22-19-29(20-23-31)17-18-30-21-24-34-35(27-30)49-42(48-34)38-16-10-26-54(38)44(56)40(52-46(58)60-2)33-13-7-4-8-14-33/h3-8,11-14,19-24,27-28,37-40H,9-10,15-16,25-26H2,1-2H3,(H,47,50)(H,48,49)(H,51,57)(H,52,58)/t37-,38-,39+,40+/m0/s1. The van der Waals surface area contributed by atoms with E-state index in [1.807, 2.05) is 103 Å². The number of aromatic amines is 2. The molecule has 0 spiro atoms. The third-order valence-electron chi connectivity index (χ3n) is 11.0. The average molecular weight is 805 g/mol. The van der Waals surface area contributed by atoms with E-state index in [9.17, 15) is 19.2 Å². The molecule has 0 aliphatic carbocycles. The van der Waals surface area contributed by atoms with Crippen molar-refractivity contribution in [3.63, 3.8) is 0 Å². The molecular weight excluding hydrogens is 761 g/mol. The van der Waals surface area contributed by atoms with E-state index in [4.69, 9.17) is 14.5 Å². The molecule has 2 aliphatic rings. The molecule has 0 saturated carbocycles. The first kappa shape index (κ1) is 39.4. The Hall–Kier alpha value is -7.40. The number of amides is 4. The number of likely N-dealkylation sites (tertiary alicyclic amines) is 2. The smallest absolute Gasteiger partial charge is 0.407 e. The van der Waals surface area contributed by atoms with Crippen molar-refractivity contribution in [3.8, 4) is 23.1 Å². The van der Waals surface area contributed by atoms with Crippen LogP contribution < -0.4 is 10.6 Å². The Morgan fingerprint density at radius 2 is 1.22 bits per heavy atom. The van der Waals surface area contributed by atoms with Gasteiger partial charge in [-0.3, -0.25) is 9.59 Å². The second-order valence-electron chi connectivity index (χ2n) is 14.7. The van der Waals surface area contributed by atoms with Gasteiger partial charge in [0.2, 0.25) is 0 Å². The molecule has 2 saturated heterocycles. The van der Waals surface area contributed by atoms with E-state index in [2.05, 4.69) is 37.4 Å². The van der Waals surface area contributed by atoms with E-state index in [0.29, 0.717) is 35.9 Å². The van der Waals surface area contributed by atoms with Gasteiger partial charge in [0, 0.05) is 24.2 Å². The Labute approximate surface area is 346 Å². The van der Waals surface area contributed by atoms with E-state index >= 15 is 0 Å². The lowest BCUT2D eigenvalue weighted by atomic mass is 10.1. The summed E-state index contributed by atoms with van der Waals surface area (Å²) in [6.45, 7) is 1.08. The number of ether oxygens (including phenoxy) is 2. The summed E-state index contributed by atoms with van der Waals surface area (Å²) in [4.78, 5) is 72.2. The summed E-state index contributed by atoms with van der Waals surface area (Å²) in [5, 5.41) is 5.41. The zero-order valence-corrected chi connectivity index (χ0v) is 33.2. The number of rotatable bonds is 9. The van der Waals surface area contributed by atoms with Crippen LogP contribution in [0, 0.1) is 11.8 Å². The predicted molar refractivity (Wildman–Crippen MR) is 223 cm³/mol. The van der Waals surface area contributed by atoms with E-state index in [1.165, 1.54) is 14.2 Å². The number of methoxy groups -OCH3 is 2. The van der Waals surface area contributed by atoms with Crippen molar-refractivity contribution < 1.29 is 28.7 Å². The number of nitrogens with zero attached hydrogens (tertiary/aromatic N) is 4. The molecule has 0 unspecified atom stereocenters. The lowest BCUT2D eigenvalue weighted by molar-refractivity contribution is -0.135. The van der Waals surface area contributed by atoms with Gasteiger partial charge in [0.05, 0.1) is 49.2 Å². The first-order valence-electron chi connectivity index (χ1n) is 19.9. The lowest BCUT2D eigenvalue weighted by Gasteiger charge is -2.28. The second-order valence-corrected chi connectivity index (χ2v) is 14.7. The normalized spacial score (nSPS) is 17.0. The Morgan fingerprint density at radius 1 is 0.683 bits per heavy atom. The van der Waals surface area contributed by atoms with Crippen LogP contribution in [0.2, 0.25) is 0 Å². The Kier molecular flexibility index (Phi) is 11.6. The Morgan fingerprint density at radius 3 is 1.78 bits per heavy atom. The summed E-state index contributed by atoms with van der Waals surface area (Å²) in [5.74, 6) is 7.43. The highest BCUT2D eigenvalue weighted by molar-refractivity contribution is 5.88. The molecule has 2 fully saturated rings. The van der Waals surface area contributed by atoms with E-state index in [1.54, 1.807) is 16.0 Å². The highest BCUT2D eigenvalue weighted by Crippen LogP contribution is 2.36. The summed E-state index contributed by atoms with van der Waals surface area (Å²) >= 11 is 0. The number of hydrogen-bond acceptors (Lipinski definition) is 8. The fourth-order valence-corrected chi connectivity index (χ4v) is 7.98. The third-order valence-corrected chi connectivity index (χ3v) is 11.0. The van der Waals surface area contributed by atoms with Crippen molar-refractivity contribution in [2.45, 2.75) is 49.9 Å². The van der Waals surface area contributed by atoms with Gasteiger partial charge in [0.15, 0.2) is 0 Å². The monoisotopic (exact) mass is 804 g/mol. The number of nitrogens with one attached hydrogen (secondary N) is 4. The minimum absolute atomic E-state index is 0.224. The van der Waals surface area contributed by atoms with Crippen LogP contribution in [0.5, 0.6) is 0 Å². The molecule has 14 heteroatoms. The maximum atomic E-state index is 13.9. The van der Waals surface area contributed by atoms with Crippen molar-refractivity contribution in [2.24, 2.45) is 0 Å². The van der Waals surface area contributed by atoms with Crippen LogP contribution >= 0.6 is 0 Å². The molecule has 4 aromatic carbocycles. The van der Waals surface area contributed by atoms with Crippen molar-refractivity contribution in [1.82, 2.24) is 40.4 Å². The Balaban J connectivity index is 0.941. The number of fused-ring (bicyclic) bond motifs is 1. The molecular formula is C46H44N8O6. The molecule has 304 valence electrons. The van der Waals surface area contributed by atoms with Gasteiger partial charge >= 0.3 is 12.2 Å². The largest absolute Gasteiger partial charge is 0.453 e. The van der Waals surface area contributed by atoms with Gasteiger partial charge in [-0.25, -0.2) is 19.6 Å². The van der Waals surface area contributed by atoms with E-state index in [-0.39, 0.29) is 23.9 Å². The summed E-state index contributed by atoms with van der Waals surface area (Å²) in [6.07, 6.45) is 3.50. The molecule has 14 nitrogen and oxygen atoms in total. The van der Waals surface area contributed by atoms with Crippen LogP contribution in [0.15, 0.2) is 109 Å². The number of H-pyrrole nitrogens is 2.